The summed E-state index contributed by atoms with van der Waals surface area (Å²) in [5.74, 6) is 1.29. The smallest absolute Gasteiger partial charge is 0.303 e. The number of carbonyl (C=O) groups excluding carboxylic acids is 1. The summed E-state index contributed by atoms with van der Waals surface area (Å²) >= 11 is 0. The van der Waals surface area contributed by atoms with E-state index in [9.17, 15) is 19.8 Å². The predicted molar refractivity (Wildman–Crippen MR) is 278 cm³/mol. The van der Waals surface area contributed by atoms with Crippen LogP contribution in [0.3, 0.4) is 0 Å². The summed E-state index contributed by atoms with van der Waals surface area (Å²) in [4.78, 5) is 41.3. The normalized spacial score (nSPS) is 11.7. The Morgan fingerprint density at radius 1 is 0.634 bits per heavy atom. The van der Waals surface area contributed by atoms with E-state index >= 15 is 0 Å². The number of nitrogens with two attached hydrogens (primary N) is 1. The molecule has 0 saturated heterocycles. The van der Waals surface area contributed by atoms with Crippen molar-refractivity contribution in [1.29, 1.82) is 0 Å². The number of rotatable bonds is 27. The van der Waals surface area contributed by atoms with E-state index in [0.29, 0.717) is 147 Å². The molecule has 4 aromatic heterocycles. The molecule has 1 amide bonds. The van der Waals surface area contributed by atoms with Gasteiger partial charge < -0.3 is 63.9 Å². The number of para-hydroxylation sites is 2. The maximum absolute atomic E-state index is 12.7. The fourth-order valence-electron chi connectivity index (χ4n) is 7.18. The van der Waals surface area contributed by atoms with Gasteiger partial charge in [0.2, 0.25) is 5.91 Å². The number of carbonyl (C=O) groups is 2. The lowest BCUT2D eigenvalue weighted by atomic mass is 10.1. The molecule has 2 aromatic carbocycles. The Morgan fingerprint density at radius 2 is 1.06 bits per heavy atom. The van der Waals surface area contributed by atoms with Crippen molar-refractivity contribution in [3.05, 3.63) is 60.2 Å². The molecule has 0 saturated carbocycles. The minimum absolute atomic E-state index is 0.152. The summed E-state index contributed by atoms with van der Waals surface area (Å²) in [6.07, 6.45) is 1.65. The number of benzene rings is 2. The Morgan fingerprint density at radius 3 is 1.52 bits per heavy atom. The van der Waals surface area contributed by atoms with Crippen molar-refractivity contribution in [3.8, 4) is 0 Å². The van der Waals surface area contributed by atoms with Crippen molar-refractivity contribution in [2.45, 2.75) is 132 Å². The maximum Gasteiger partial charge on any atom is 0.303 e. The minimum Gasteiger partial charge on any atom is -0.481 e. The number of carboxylic acid groups (broad SMARTS) is 1. The van der Waals surface area contributed by atoms with Gasteiger partial charge in [0.1, 0.15) is 35.9 Å². The number of anilines is 2. The summed E-state index contributed by atoms with van der Waals surface area (Å²) in [6.45, 7) is 24.2. The van der Waals surface area contributed by atoms with E-state index in [4.69, 9.17) is 50.6 Å². The van der Waals surface area contributed by atoms with Crippen LogP contribution in [0.2, 0.25) is 0 Å². The van der Waals surface area contributed by atoms with E-state index in [2.05, 4.69) is 15.3 Å². The first-order valence-electron chi connectivity index (χ1n) is 25.2. The van der Waals surface area contributed by atoms with E-state index in [0.717, 1.165) is 38.7 Å². The fraction of sp³-hybridized carbons (Fsp3) is 0.577. The number of carboxylic acids is 1. The second kappa shape index (κ2) is 31.2. The SMILES string of the molecule is CCOCCOCCCC(=O)Nc1nc2ccccc2c2c1nc(COCC)n2CC(C)(C)O.CCOCCOCCCC(=O)O.CCOCc1nc2c(N)nc3ccccc3c2n1CC(C)(C)O.[2H]CC. The topological polar surface area (TPSA) is 250 Å². The van der Waals surface area contributed by atoms with Gasteiger partial charge in [0.05, 0.1) is 72.8 Å². The van der Waals surface area contributed by atoms with Crippen molar-refractivity contribution in [1.82, 2.24) is 29.1 Å². The molecular formula is C52H80N8O11. The first-order valence-corrected chi connectivity index (χ1v) is 24.5. The standard InChI is InChI=1S/C25H36N4O5.C17H22N4O2.C8H16O4.C2H6/c1-5-32-14-15-34-13-9-12-21(30)28-24-22-23(18-10-7-8-11-19(18)26-24)29(17-25(3,4)31)20(27-22)16-33-6-2;1-4-23-9-13-20-14-15(21(13)10-17(2,3)22)11-7-5-6-8-12(11)19-16(14)18;1-2-11-6-7-12-5-3-4-8(9)10;1-2/h7-8,10-11,31H,5-6,9,12-17H2,1-4H3,(H,26,28,30);5-8,22H,4,9-10H2,1-3H3,(H2,18,19);2-7H2,1H3,(H,9,10);1-2H3/i;;;1D. The summed E-state index contributed by atoms with van der Waals surface area (Å²) < 4.78 is 42.2. The number of fused-ring (bicyclic) bond motifs is 6. The Kier molecular flexibility index (Phi) is 25.5. The zero-order valence-corrected chi connectivity index (χ0v) is 43.4. The number of aromatic nitrogens is 6. The number of aliphatic hydroxyl groups is 2. The summed E-state index contributed by atoms with van der Waals surface area (Å²) in [7, 11) is 0. The van der Waals surface area contributed by atoms with Crippen LogP contribution in [0.4, 0.5) is 11.6 Å². The van der Waals surface area contributed by atoms with E-state index < -0.39 is 17.2 Å². The number of hydrogen-bond donors (Lipinski definition) is 5. The molecule has 0 aliphatic heterocycles. The molecular weight excluding hydrogens is 913 g/mol. The number of ether oxygens (including phenoxy) is 6. The van der Waals surface area contributed by atoms with Gasteiger partial charge in [0.25, 0.3) is 0 Å². The highest BCUT2D eigenvalue weighted by molar-refractivity contribution is 6.10. The molecule has 0 fully saturated rings. The first kappa shape index (κ1) is 58.2. The molecule has 0 radical (unpaired) electrons. The fourth-order valence-corrected chi connectivity index (χ4v) is 7.18. The lowest BCUT2D eigenvalue weighted by Crippen LogP contribution is -2.27. The summed E-state index contributed by atoms with van der Waals surface area (Å²) in [5.41, 5.74) is 8.76. The molecule has 71 heavy (non-hydrogen) atoms. The zero-order chi connectivity index (χ0) is 53.1. The van der Waals surface area contributed by atoms with Crippen LogP contribution in [0.25, 0.3) is 43.9 Å². The van der Waals surface area contributed by atoms with Crippen molar-refractivity contribution in [2.75, 3.05) is 77.1 Å². The Balaban J connectivity index is 0.000000309. The van der Waals surface area contributed by atoms with Gasteiger partial charge in [-0.05, 0) is 80.4 Å². The molecule has 394 valence electrons. The number of pyridine rings is 2. The number of nitrogen functional groups attached to an aromatic ring is 1. The van der Waals surface area contributed by atoms with Crippen LogP contribution >= 0.6 is 0 Å². The largest absolute Gasteiger partial charge is 0.481 e. The second-order valence-corrected chi connectivity index (χ2v) is 17.3. The Hall–Kier alpha value is -5.38. The molecule has 4 heterocycles. The first-order chi connectivity index (χ1) is 34.4. The van der Waals surface area contributed by atoms with Gasteiger partial charge in [-0.2, -0.15) is 0 Å². The van der Waals surface area contributed by atoms with Gasteiger partial charge in [0, 0.05) is 64.6 Å². The number of imidazole rings is 2. The number of amides is 1. The number of aliphatic carboxylic acids is 1. The summed E-state index contributed by atoms with van der Waals surface area (Å²) in [5, 5.41) is 34.0. The number of nitrogens with zero attached hydrogens (tertiary/aromatic N) is 6. The van der Waals surface area contributed by atoms with Crippen LogP contribution in [-0.4, -0.2) is 134 Å². The van der Waals surface area contributed by atoms with E-state index in [1.165, 1.54) is 0 Å². The maximum atomic E-state index is 12.7. The molecule has 0 bridgehead atoms. The van der Waals surface area contributed by atoms with Crippen LogP contribution in [0.1, 0.15) is 108 Å². The second-order valence-electron chi connectivity index (χ2n) is 17.3. The molecule has 0 aliphatic carbocycles. The van der Waals surface area contributed by atoms with Crippen LogP contribution in [-0.2, 0) is 64.3 Å². The third-order valence-electron chi connectivity index (χ3n) is 10.1. The lowest BCUT2D eigenvalue weighted by Gasteiger charge is -2.20. The molecule has 0 unspecified atom stereocenters. The van der Waals surface area contributed by atoms with Gasteiger partial charge in [-0.25, -0.2) is 19.9 Å². The Bertz CT molecular complexity index is 2540. The highest BCUT2D eigenvalue weighted by atomic mass is 16.5. The molecule has 6 rings (SSSR count). The minimum atomic E-state index is -0.968. The van der Waals surface area contributed by atoms with Gasteiger partial charge in [-0.1, -0.05) is 50.2 Å². The quantitative estimate of drug-likeness (QED) is 0.0306. The molecule has 0 atom stereocenters. The number of nitrogens with one attached hydrogen (secondary N) is 1. The highest BCUT2D eigenvalue weighted by Crippen LogP contribution is 2.33. The van der Waals surface area contributed by atoms with Crippen molar-refractivity contribution < 1.29 is 54.7 Å². The van der Waals surface area contributed by atoms with Crippen LogP contribution in [0.15, 0.2) is 48.5 Å². The zero-order valence-electron chi connectivity index (χ0n) is 44.4. The highest BCUT2D eigenvalue weighted by Gasteiger charge is 2.25. The van der Waals surface area contributed by atoms with Crippen molar-refractivity contribution in [2.24, 2.45) is 0 Å². The average molecular weight is 994 g/mol. The van der Waals surface area contributed by atoms with E-state index in [1.54, 1.807) is 34.6 Å². The van der Waals surface area contributed by atoms with Crippen LogP contribution < -0.4 is 11.1 Å². The number of hydrogen-bond acceptors (Lipinski definition) is 15. The summed E-state index contributed by atoms with van der Waals surface area (Å²) in [6, 6.07) is 15.5. The monoisotopic (exact) mass is 994 g/mol. The van der Waals surface area contributed by atoms with Gasteiger partial charge in [-0.15, -0.1) is 0 Å². The predicted octanol–water partition coefficient (Wildman–Crippen LogP) is 8.07. The van der Waals surface area contributed by atoms with Crippen molar-refractivity contribution >= 4 is 67.4 Å². The van der Waals surface area contributed by atoms with Gasteiger partial charge in [0.15, 0.2) is 11.6 Å². The molecule has 6 N–H and O–H groups in total. The molecule has 19 nitrogen and oxygen atoms in total. The van der Waals surface area contributed by atoms with E-state index in [-0.39, 0.29) is 12.3 Å². The van der Waals surface area contributed by atoms with Crippen LogP contribution in [0.5, 0.6) is 0 Å². The molecule has 0 spiro atoms. The van der Waals surface area contributed by atoms with Crippen molar-refractivity contribution in [3.63, 3.8) is 0 Å². The average Bonchev–Trinajstić information content (AvgIpc) is 3.87. The third kappa shape index (κ3) is 20.0. The van der Waals surface area contributed by atoms with Gasteiger partial charge >= 0.3 is 5.97 Å². The molecule has 6 aromatic rings. The molecule has 19 heteroatoms. The van der Waals surface area contributed by atoms with Crippen LogP contribution in [0, 0.1) is 0 Å². The van der Waals surface area contributed by atoms with E-state index in [1.807, 2.05) is 85.4 Å². The van der Waals surface area contributed by atoms with Gasteiger partial charge in [-0.3, -0.25) is 9.59 Å². The third-order valence-corrected chi connectivity index (χ3v) is 10.1. The molecule has 0 aliphatic rings. The Labute approximate surface area is 419 Å². The lowest BCUT2D eigenvalue weighted by molar-refractivity contribution is -0.137.